The quantitative estimate of drug-likeness (QED) is 0.706. The van der Waals surface area contributed by atoms with Gasteiger partial charge in [0, 0.05) is 18.2 Å². The minimum atomic E-state index is -0.453. The summed E-state index contributed by atoms with van der Waals surface area (Å²) < 4.78 is 27.6. The largest absolute Gasteiger partial charge is 0.367 e. The molecule has 0 radical (unpaired) electrons. The smallest absolute Gasteiger partial charge is 0.166 e. The van der Waals surface area contributed by atoms with E-state index in [4.69, 9.17) is 0 Å². The van der Waals surface area contributed by atoms with E-state index in [1.54, 1.807) is 24.3 Å². The van der Waals surface area contributed by atoms with Crippen molar-refractivity contribution in [3.8, 4) is 11.4 Å². The van der Waals surface area contributed by atoms with E-state index in [-0.39, 0.29) is 5.82 Å². The fraction of sp³-hybridized carbons (Fsp3) is 0.211. The van der Waals surface area contributed by atoms with Gasteiger partial charge in [-0.15, -0.1) is 0 Å². The lowest BCUT2D eigenvalue weighted by Crippen LogP contribution is -2.27. The van der Waals surface area contributed by atoms with E-state index in [0.717, 1.165) is 19.0 Å². The van der Waals surface area contributed by atoms with Crippen molar-refractivity contribution >= 4 is 17.3 Å². The minimum Gasteiger partial charge on any atom is -0.367 e. The molecule has 3 aromatic rings. The van der Waals surface area contributed by atoms with Crippen molar-refractivity contribution in [1.29, 1.82) is 0 Å². The van der Waals surface area contributed by atoms with Crippen LogP contribution in [0.5, 0.6) is 0 Å². The van der Waals surface area contributed by atoms with Gasteiger partial charge in [0.05, 0.1) is 23.6 Å². The van der Waals surface area contributed by atoms with Crippen molar-refractivity contribution in [3.63, 3.8) is 0 Å². The van der Waals surface area contributed by atoms with E-state index in [2.05, 4.69) is 25.6 Å². The first-order chi connectivity index (χ1) is 12.7. The Morgan fingerprint density at radius 1 is 0.962 bits per heavy atom. The lowest BCUT2D eigenvalue weighted by atomic mass is 9.93. The zero-order valence-electron chi connectivity index (χ0n) is 13.9. The third-order valence-electron chi connectivity index (χ3n) is 4.28. The Morgan fingerprint density at radius 3 is 2.50 bits per heavy atom. The second kappa shape index (κ2) is 7.03. The van der Waals surface area contributed by atoms with Gasteiger partial charge in [-0.05, 0) is 31.4 Å². The number of pyridine rings is 1. The number of rotatable bonds is 5. The highest BCUT2D eigenvalue weighted by Crippen LogP contribution is 2.27. The first-order valence-corrected chi connectivity index (χ1v) is 8.45. The van der Waals surface area contributed by atoms with Crippen LogP contribution in [0.1, 0.15) is 19.3 Å². The van der Waals surface area contributed by atoms with Gasteiger partial charge in [0.15, 0.2) is 5.82 Å². The summed E-state index contributed by atoms with van der Waals surface area (Å²) in [6.45, 7) is 0. The topological polar surface area (TPSA) is 62.7 Å². The van der Waals surface area contributed by atoms with Crippen LogP contribution < -0.4 is 10.6 Å². The van der Waals surface area contributed by atoms with Crippen LogP contribution in [0.25, 0.3) is 11.4 Å². The van der Waals surface area contributed by atoms with E-state index < -0.39 is 11.6 Å². The Balaban J connectivity index is 1.71. The van der Waals surface area contributed by atoms with Gasteiger partial charge in [-0.25, -0.2) is 18.7 Å². The lowest BCUT2D eigenvalue weighted by molar-refractivity contribution is 0.444. The van der Waals surface area contributed by atoms with Crippen LogP contribution in [-0.4, -0.2) is 21.0 Å². The zero-order valence-corrected chi connectivity index (χ0v) is 13.9. The highest BCUT2D eigenvalue weighted by atomic mass is 19.1. The van der Waals surface area contributed by atoms with Gasteiger partial charge in [-0.3, -0.25) is 4.98 Å². The highest BCUT2D eigenvalue weighted by Gasteiger charge is 2.19. The van der Waals surface area contributed by atoms with E-state index >= 15 is 0 Å². The Labute approximate surface area is 149 Å². The maximum Gasteiger partial charge on any atom is 0.166 e. The molecule has 26 heavy (non-hydrogen) atoms. The molecule has 0 saturated heterocycles. The molecular weight excluding hydrogens is 336 g/mol. The Kier molecular flexibility index (Phi) is 4.43. The number of benzene rings is 1. The van der Waals surface area contributed by atoms with Crippen molar-refractivity contribution in [2.75, 3.05) is 10.6 Å². The van der Waals surface area contributed by atoms with Gasteiger partial charge < -0.3 is 10.6 Å². The Bertz CT molecular complexity index is 927. The lowest BCUT2D eigenvalue weighted by Gasteiger charge is -2.27. The third kappa shape index (κ3) is 3.61. The molecule has 5 nitrogen and oxygen atoms in total. The molecule has 0 amide bonds. The van der Waals surface area contributed by atoms with Crippen LogP contribution in [0.2, 0.25) is 0 Å². The maximum absolute atomic E-state index is 14.2. The van der Waals surface area contributed by atoms with E-state index in [9.17, 15) is 8.78 Å². The van der Waals surface area contributed by atoms with Crippen LogP contribution in [0.4, 0.5) is 26.1 Å². The molecule has 0 spiro atoms. The summed E-state index contributed by atoms with van der Waals surface area (Å²) in [6, 6.07) is 9.76. The molecule has 1 aliphatic carbocycles. The van der Waals surface area contributed by atoms with Gasteiger partial charge in [-0.2, -0.15) is 0 Å². The number of aromatic nitrogens is 3. The van der Waals surface area contributed by atoms with Crippen molar-refractivity contribution in [2.45, 2.75) is 25.3 Å². The predicted octanol–water partition coefficient (Wildman–Crippen LogP) is 4.52. The first kappa shape index (κ1) is 16.4. The average Bonchev–Trinajstić information content (AvgIpc) is 2.58. The average molecular weight is 353 g/mol. The number of nitrogens with one attached hydrogen (secondary N) is 2. The molecular formula is C19H17F2N5. The zero-order chi connectivity index (χ0) is 17.9. The van der Waals surface area contributed by atoms with Crippen molar-refractivity contribution in [2.24, 2.45) is 0 Å². The fourth-order valence-electron chi connectivity index (χ4n) is 2.74. The molecule has 2 heterocycles. The third-order valence-corrected chi connectivity index (χ3v) is 4.28. The molecule has 0 aliphatic heterocycles. The Hall–Kier alpha value is -3.09. The SMILES string of the molecule is Fc1cncc(Nc2cc(NC3CCC3)nc(-c3ccccc3F)n2)c1. The van der Waals surface area contributed by atoms with Gasteiger partial charge in [0.1, 0.15) is 23.3 Å². The predicted molar refractivity (Wildman–Crippen MR) is 96.2 cm³/mol. The summed E-state index contributed by atoms with van der Waals surface area (Å²) in [5, 5.41) is 6.35. The minimum absolute atomic E-state index is 0.263. The summed E-state index contributed by atoms with van der Waals surface area (Å²) in [5.74, 6) is 0.458. The standard InChI is InChI=1S/C19H17F2N5/c20-12-8-14(11-22-10-12)24-18-9-17(23-13-4-3-5-13)25-19(26-18)15-6-1-2-7-16(15)21/h1-2,6-11,13H,3-5H2,(H2,23,24,25,26). The summed E-state index contributed by atoms with van der Waals surface area (Å²) in [6.07, 6.45) is 5.96. The molecule has 1 fully saturated rings. The molecule has 2 aromatic heterocycles. The molecule has 0 bridgehead atoms. The van der Waals surface area contributed by atoms with Crippen LogP contribution in [0.3, 0.4) is 0 Å². The molecule has 132 valence electrons. The molecule has 0 atom stereocenters. The van der Waals surface area contributed by atoms with Gasteiger partial charge in [-0.1, -0.05) is 12.1 Å². The number of nitrogens with zero attached hydrogens (tertiary/aromatic N) is 3. The van der Waals surface area contributed by atoms with Gasteiger partial charge in [0.2, 0.25) is 0 Å². The second-order valence-corrected chi connectivity index (χ2v) is 6.23. The van der Waals surface area contributed by atoms with Gasteiger partial charge >= 0.3 is 0 Å². The first-order valence-electron chi connectivity index (χ1n) is 8.45. The van der Waals surface area contributed by atoms with Crippen LogP contribution in [0, 0.1) is 11.6 Å². The highest BCUT2D eigenvalue weighted by molar-refractivity contribution is 5.65. The normalized spacial score (nSPS) is 13.9. The molecule has 1 aromatic carbocycles. The van der Waals surface area contributed by atoms with Crippen LogP contribution in [0.15, 0.2) is 48.8 Å². The van der Waals surface area contributed by atoms with Crippen molar-refractivity contribution in [1.82, 2.24) is 15.0 Å². The molecule has 2 N–H and O–H groups in total. The molecule has 4 rings (SSSR count). The van der Waals surface area contributed by atoms with Crippen molar-refractivity contribution in [3.05, 3.63) is 60.4 Å². The number of hydrogen-bond donors (Lipinski definition) is 2. The molecule has 1 aliphatic rings. The molecule has 0 unspecified atom stereocenters. The maximum atomic E-state index is 14.2. The fourth-order valence-corrected chi connectivity index (χ4v) is 2.74. The summed E-state index contributed by atoms with van der Waals surface area (Å²) in [5.41, 5.74) is 0.767. The number of hydrogen-bond acceptors (Lipinski definition) is 5. The van der Waals surface area contributed by atoms with E-state index in [1.807, 2.05) is 0 Å². The summed E-state index contributed by atoms with van der Waals surface area (Å²) in [4.78, 5) is 12.7. The second-order valence-electron chi connectivity index (χ2n) is 6.23. The van der Waals surface area contributed by atoms with Crippen LogP contribution >= 0.6 is 0 Å². The van der Waals surface area contributed by atoms with Crippen molar-refractivity contribution < 1.29 is 8.78 Å². The monoisotopic (exact) mass is 353 g/mol. The van der Waals surface area contributed by atoms with E-state index in [0.29, 0.717) is 28.9 Å². The molecule has 1 saturated carbocycles. The number of halogens is 2. The Morgan fingerprint density at radius 2 is 1.77 bits per heavy atom. The summed E-state index contributed by atoms with van der Waals surface area (Å²) >= 11 is 0. The van der Waals surface area contributed by atoms with E-state index in [1.165, 1.54) is 24.8 Å². The van der Waals surface area contributed by atoms with Gasteiger partial charge in [0.25, 0.3) is 0 Å². The van der Waals surface area contributed by atoms with Crippen LogP contribution in [-0.2, 0) is 0 Å². The number of anilines is 3. The summed E-state index contributed by atoms with van der Waals surface area (Å²) in [7, 11) is 0. The molecule has 7 heteroatoms.